The Morgan fingerprint density at radius 1 is 1.26 bits per heavy atom. The molecule has 0 aliphatic rings. The summed E-state index contributed by atoms with van der Waals surface area (Å²) in [5.74, 6) is -1.21. The van der Waals surface area contributed by atoms with E-state index in [0.29, 0.717) is 12.0 Å². The molecule has 1 heterocycles. The SMILES string of the molecule is CCCC(=O)N(C(=O)c1nn(C)c(C)c1C)c1c(Cl)cc([N+](=O)[O-])cc1Cl. The Hall–Kier alpha value is -2.45. The molecule has 10 heteroatoms. The largest absolute Gasteiger partial charge is 0.285 e. The molecule has 0 aliphatic carbocycles. The third-order valence-electron chi connectivity index (χ3n) is 4.19. The van der Waals surface area contributed by atoms with Crippen molar-refractivity contribution in [3.8, 4) is 0 Å². The van der Waals surface area contributed by atoms with Gasteiger partial charge in [-0.05, 0) is 20.3 Å². The van der Waals surface area contributed by atoms with E-state index in [2.05, 4.69) is 5.10 Å². The van der Waals surface area contributed by atoms with Gasteiger partial charge in [-0.2, -0.15) is 5.10 Å². The van der Waals surface area contributed by atoms with Crippen LogP contribution >= 0.6 is 23.2 Å². The van der Waals surface area contributed by atoms with Crippen LogP contribution in [0.4, 0.5) is 11.4 Å². The van der Waals surface area contributed by atoms with Gasteiger partial charge in [-0.1, -0.05) is 30.1 Å². The third kappa shape index (κ3) is 3.96. The Morgan fingerprint density at radius 2 is 1.81 bits per heavy atom. The first-order chi connectivity index (χ1) is 12.6. The van der Waals surface area contributed by atoms with Crippen LogP contribution < -0.4 is 4.90 Å². The molecule has 1 aromatic carbocycles. The van der Waals surface area contributed by atoms with Crippen LogP contribution in [0.2, 0.25) is 10.0 Å². The summed E-state index contributed by atoms with van der Waals surface area (Å²) in [5.41, 5.74) is 1.04. The highest BCUT2D eigenvalue weighted by molar-refractivity contribution is 6.42. The van der Waals surface area contributed by atoms with Crippen molar-refractivity contribution in [2.45, 2.75) is 33.6 Å². The lowest BCUT2D eigenvalue weighted by Gasteiger charge is -2.22. The molecule has 27 heavy (non-hydrogen) atoms. The first-order valence-corrected chi connectivity index (χ1v) is 8.86. The molecule has 2 rings (SSSR count). The van der Waals surface area contributed by atoms with E-state index in [1.165, 1.54) is 4.68 Å². The zero-order valence-electron chi connectivity index (χ0n) is 15.2. The zero-order chi connectivity index (χ0) is 20.5. The van der Waals surface area contributed by atoms with Gasteiger partial charge in [0.15, 0.2) is 5.69 Å². The van der Waals surface area contributed by atoms with Crippen LogP contribution in [0.25, 0.3) is 0 Å². The molecule has 0 atom stereocenters. The van der Waals surface area contributed by atoms with Gasteiger partial charge in [0.2, 0.25) is 5.91 Å². The molecule has 0 saturated carbocycles. The van der Waals surface area contributed by atoms with Crippen molar-refractivity contribution in [1.82, 2.24) is 9.78 Å². The standard InChI is InChI=1S/C17H18Cl2N4O4/c1-5-6-14(24)22(17(25)15-9(2)10(3)21(4)20-15)16-12(18)7-11(23(26)27)8-13(16)19/h7-8H,5-6H2,1-4H3. The van der Waals surface area contributed by atoms with Crippen LogP contribution in [0.15, 0.2) is 12.1 Å². The average Bonchev–Trinajstić information content (AvgIpc) is 2.84. The van der Waals surface area contributed by atoms with Gasteiger partial charge in [0.1, 0.15) is 0 Å². The molecule has 0 N–H and O–H groups in total. The Bertz CT molecular complexity index is 916. The quantitative estimate of drug-likeness (QED) is 0.540. The minimum absolute atomic E-state index is 0.0697. The number of carbonyl (C=O) groups excluding carboxylic acids is 2. The summed E-state index contributed by atoms with van der Waals surface area (Å²) in [6, 6.07) is 2.11. The Balaban J connectivity index is 2.66. The molecular formula is C17H18Cl2N4O4. The summed E-state index contributed by atoms with van der Waals surface area (Å²) < 4.78 is 1.53. The Morgan fingerprint density at radius 3 is 2.22 bits per heavy atom. The highest BCUT2D eigenvalue weighted by Gasteiger charge is 2.32. The molecule has 144 valence electrons. The fraction of sp³-hybridized carbons (Fsp3) is 0.353. The van der Waals surface area contributed by atoms with E-state index in [-0.39, 0.29) is 33.5 Å². The second-order valence-electron chi connectivity index (χ2n) is 5.98. The van der Waals surface area contributed by atoms with Crippen molar-refractivity contribution >= 4 is 46.4 Å². The zero-order valence-corrected chi connectivity index (χ0v) is 16.8. The molecule has 0 radical (unpaired) electrons. The van der Waals surface area contributed by atoms with Crippen molar-refractivity contribution in [2.24, 2.45) is 7.05 Å². The van der Waals surface area contributed by atoms with E-state index in [4.69, 9.17) is 23.2 Å². The maximum atomic E-state index is 13.1. The van der Waals surface area contributed by atoms with Crippen molar-refractivity contribution in [1.29, 1.82) is 0 Å². The summed E-state index contributed by atoms with van der Waals surface area (Å²) in [6.07, 6.45) is 0.561. The number of aromatic nitrogens is 2. The lowest BCUT2D eigenvalue weighted by atomic mass is 10.1. The summed E-state index contributed by atoms with van der Waals surface area (Å²) in [6.45, 7) is 5.30. The van der Waals surface area contributed by atoms with Crippen LogP contribution in [-0.2, 0) is 11.8 Å². The Kier molecular flexibility index (Phi) is 6.22. The fourth-order valence-corrected chi connectivity index (χ4v) is 3.20. The van der Waals surface area contributed by atoms with Crippen molar-refractivity contribution in [3.05, 3.63) is 49.2 Å². The molecule has 0 spiro atoms. The van der Waals surface area contributed by atoms with Crippen LogP contribution in [-0.4, -0.2) is 26.5 Å². The number of amides is 2. The van der Waals surface area contributed by atoms with Crippen LogP contribution in [0.3, 0.4) is 0 Å². The summed E-state index contributed by atoms with van der Waals surface area (Å²) in [7, 11) is 1.68. The molecule has 0 bridgehead atoms. The van der Waals surface area contributed by atoms with Crippen LogP contribution in [0.1, 0.15) is 41.5 Å². The lowest BCUT2D eigenvalue weighted by Crippen LogP contribution is -2.38. The lowest BCUT2D eigenvalue weighted by molar-refractivity contribution is -0.384. The maximum absolute atomic E-state index is 13.1. The van der Waals surface area contributed by atoms with Gasteiger partial charge in [-0.15, -0.1) is 0 Å². The molecule has 0 unspecified atom stereocenters. The van der Waals surface area contributed by atoms with Gasteiger partial charge in [-0.3, -0.25) is 24.4 Å². The summed E-state index contributed by atoms with van der Waals surface area (Å²) in [5, 5.41) is 14.8. The molecule has 1 aromatic heterocycles. The number of non-ortho nitro benzene ring substituents is 1. The number of nitro benzene ring substituents is 1. The van der Waals surface area contributed by atoms with Gasteiger partial charge in [0.05, 0.1) is 20.7 Å². The second-order valence-corrected chi connectivity index (χ2v) is 6.80. The van der Waals surface area contributed by atoms with Crippen LogP contribution in [0.5, 0.6) is 0 Å². The van der Waals surface area contributed by atoms with Gasteiger partial charge in [-0.25, -0.2) is 4.90 Å². The number of benzene rings is 1. The molecule has 2 amide bonds. The Labute approximate surface area is 165 Å². The number of nitrogens with zero attached hydrogens (tertiary/aromatic N) is 4. The second kappa shape index (κ2) is 8.06. The first-order valence-electron chi connectivity index (χ1n) is 8.11. The van der Waals surface area contributed by atoms with E-state index < -0.39 is 16.7 Å². The smallest absolute Gasteiger partial charge is 0.274 e. The van der Waals surface area contributed by atoms with Gasteiger partial charge in [0.25, 0.3) is 11.6 Å². The number of aryl methyl sites for hydroxylation is 1. The number of nitro groups is 1. The van der Waals surface area contributed by atoms with Crippen molar-refractivity contribution < 1.29 is 14.5 Å². The minimum atomic E-state index is -0.688. The molecule has 0 aliphatic heterocycles. The number of hydrogen-bond acceptors (Lipinski definition) is 5. The molecule has 0 fully saturated rings. The first kappa shape index (κ1) is 20.9. The van der Waals surface area contributed by atoms with E-state index in [1.54, 1.807) is 27.8 Å². The highest BCUT2D eigenvalue weighted by atomic mass is 35.5. The van der Waals surface area contributed by atoms with Crippen molar-refractivity contribution in [3.63, 3.8) is 0 Å². The van der Waals surface area contributed by atoms with E-state index in [0.717, 1.165) is 22.7 Å². The normalized spacial score (nSPS) is 10.7. The van der Waals surface area contributed by atoms with E-state index in [1.807, 2.05) is 0 Å². The van der Waals surface area contributed by atoms with E-state index in [9.17, 15) is 19.7 Å². The number of anilines is 1. The number of hydrogen-bond donors (Lipinski definition) is 0. The monoisotopic (exact) mass is 412 g/mol. The predicted molar refractivity (Wildman–Crippen MR) is 103 cm³/mol. The molecule has 8 nitrogen and oxygen atoms in total. The summed E-state index contributed by atoms with van der Waals surface area (Å²) in [4.78, 5) is 37.0. The molecular weight excluding hydrogens is 395 g/mol. The number of halogens is 2. The average molecular weight is 413 g/mol. The van der Waals surface area contributed by atoms with Gasteiger partial charge >= 0.3 is 0 Å². The fourth-order valence-electron chi connectivity index (χ4n) is 2.56. The number of imide groups is 1. The predicted octanol–water partition coefficient (Wildman–Crippen LogP) is 4.23. The summed E-state index contributed by atoms with van der Waals surface area (Å²) >= 11 is 12.3. The highest BCUT2D eigenvalue weighted by Crippen LogP contribution is 2.38. The van der Waals surface area contributed by atoms with E-state index >= 15 is 0 Å². The maximum Gasteiger partial charge on any atom is 0.285 e. The molecule has 0 saturated heterocycles. The van der Waals surface area contributed by atoms with Crippen LogP contribution in [0, 0.1) is 24.0 Å². The van der Waals surface area contributed by atoms with Gasteiger partial charge < -0.3 is 0 Å². The number of rotatable bonds is 5. The molecule has 2 aromatic rings. The van der Waals surface area contributed by atoms with Crippen molar-refractivity contribution in [2.75, 3.05) is 4.90 Å². The topological polar surface area (TPSA) is 98.3 Å². The number of carbonyl (C=O) groups is 2. The minimum Gasteiger partial charge on any atom is -0.274 e. The third-order valence-corrected chi connectivity index (χ3v) is 4.76. The van der Waals surface area contributed by atoms with Gasteiger partial charge in [0, 0.05) is 36.9 Å².